The number of carbonyl (C=O) groups is 2. The normalized spacial score (nSPS) is 13.9. The predicted molar refractivity (Wildman–Crippen MR) is 84.1 cm³/mol. The number of nitrogens with one attached hydrogen (secondary N) is 1. The molecule has 0 spiro atoms. The van der Waals surface area contributed by atoms with Crippen molar-refractivity contribution < 1.29 is 14.3 Å². The zero-order valence-corrected chi connectivity index (χ0v) is 13.4. The number of nitrogens with zero attached hydrogens (tertiary/aromatic N) is 1. The van der Waals surface area contributed by atoms with Crippen LogP contribution >= 0.6 is 11.3 Å². The average Bonchev–Trinajstić information content (AvgIpc) is 3.22. The Labute approximate surface area is 128 Å². The smallest absolute Gasteiger partial charge is 0.343 e. The second-order valence-corrected chi connectivity index (χ2v) is 5.94. The topological polar surface area (TPSA) is 84.7 Å². The van der Waals surface area contributed by atoms with Crippen LogP contribution in [0.5, 0.6) is 0 Å². The summed E-state index contributed by atoms with van der Waals surface area (Å²) in [4.78, 5) is 26.6. The summed E-state index contributed by atoms with van der Waals surface area (Å²) >= 11 is 1.25. The van der Waals surface area contributed by atoms with Gasteiger partial charge in [-0.2, -0.15) is 0 Å². The molecule has 1 amide bonds. The maximum atomic E-state index is 12.2. The van der Waals surface area contributed by atoms with Gasteiger partial charge in [-0.15, -0.1) is 11.3 Å². The van der Waals surface area contributed by atoms with Crippen LogP contribution in [0.1, 0.15) is 46.7 Å². The molecule has 0 atom stereocenters. The Morgan fingerprint density at radius 2 is 2.00 bits per heavy atom. The van der Waals surface area contributed by atoms with Crippen molar-refractivity contribution in [2.75, 3.05) is 30.8 Å². The molecular weight excluding hydrogens is 290 g/mol. The minimum Gasteiger partial charge on any atom is -0.465 e. The third-order valence-corrected chi connectivity index (χ3v) is 4.75. The van der Waals surface area contributed by atoms with Gasteiger partial charge >= 0.3 is 5.97 Å². The fourth-order valence-electron chi connectivity index (χ4n) is 2.11. The average molecular weight is 311 g/mol. The van der Waals surface area contributed by atoms with Crippen molar-refractivity contribution in [1.29, 1.82) is 0 Å². The van der Waals surface area contributed by atoms with Gasteiger partial charge in [-0.25, -0.2) is 4.79 Å². The summed E-state index contributed by atoms with van der Waals surface area (Å²) < 4.78 is 4.81. The zero-order valence-electron chi connectivity index (χ0n) is 12.6. The molecule has 2 rings (SSSR count). The molecule has 116 valence electrons. The van der Waals surface area contributed by atoms with Crippen molar-refractivity contribution in [1.82, 2.24) is 5.32 Å². The first-order chi connectivity index (χ1) is 10.0. The van der Waals surface area contributed by atoms with Gasteiger partial charge in [0, 0.05) is 19.1 Å². The Balaban J connectivity index is 2.42. The molecule has 1 aliphatic rings. The van der Waals surface area contributed by atoms with Crippen molar-refractivity contribution >= 4 is 33.9 Å². The molecule has 0 saturated heterocycles. The Morgan fingerprint density at radius 1 is 1.38 bits per heavy atom. The van der Waals surface area contributed by atoms with Gasteiger partial charge in [0.05, 0.1) is 12.8 Å². The van der Waals surface area contributed by atoms with Crippen molar-refractivity contribution in [2.45, 2.75) is 32.7 Å². The van der Waals surface area contributed by atoms with E-state index in [0.29, 0.717) is 15.4 Å². The van der Waals surface area contributed by atoms with Crippen LogP contribution in [-0.2, 0) is 4.74 Å². The summed E-state index contributed by atoms with van der Waals surface area (Å²) in [5.41, 5.74) is 6.56. The van der Waals surface area contributed by atoms with Gasteiger partial charge in [0.1, 0.15) is 15.4 Å². The Morgan fingerprint density at radius 3 is 2.48 bits per heavy atom. The van der Waals surface area contributed by atoms with Gasteiger partial charge in [0.25, 0.3) is 5.91 Å². The number of ether oxygens (including phenoxy) is 1. The minimum atomic E-state index is -0.504. The highest BCUT2D eigenvalue weighted by Gasteiger charge is 2.31. The zero-order chi connectivity index (χ0) is 15.6. The molecule has 1 aromatic rings. The van der Waals surface area contributed by atoms with E-state index >= 15 is 0 Å². The van der Waals surface area contributed by atoms with Gasteiger partial charge in [0.2, 0.25) is 0 Å². The molecule has 0 radical (unpaired) electrons. The quantitative estimate of drug-likeness (QED) is 0.783. The maximum Gasteiger partial charge on any atom is 0.343 e. The molecule has 1 fully saturated rings. The number of esters is 1. The van der Waals surface area contributed by atoms with E-state index < -0.39 is 5.97 Å². The number of nitrogen functional groups attached to an aromatic ring is 1. The van der Waals surface area contributed by atoms with Gasteiger partial charge in [-0.1, -0.05) is 0 Å². The monoisotopic (exact) mass is 311 g/mol. The summed E-state index contributed by atoms with van der Waals surface area (Å²) in [5.74, 6) is -0.709. The largest absolute Gasteiger partial charge is 0.465 e. The first kappa shape index (κ1) is 15.6. The van der Waals surface area contributed by atoms with E-state index in [1.807, 2.05) is 18.7 Å². The number of anilines is 2. The van der Waals surface area contributed by atoms with Crippen LogP contribution in [0.4, 0.5) is 10.7 Å². The molecule has 3 N–H and O–H groups in total. The SMILES string of the molecule is CCN(CC)c1sc(C(=O)NC2CC2)c(N)c1C(=O)OC. The lowest BCUT2D eigenvalue weighted by Crippen LogP contribution is -2.25. The van der Waals surface area contributed by atoms with Crippen molar-refractivity contribution in [3.63, 3.8) is 0 Å². The number of hydrogen-bond acceptors (Lipinski definition) is 6. The van der Waals surface area contributed by atoms with Gasteiger partial charge < -0.3 is 20.7 Å². The summed E-state index contributed by atoms with van der Waals surface area (Å²) in [6.07, 6.45) is 2.01. The second kappa shape index (κ2) is 6.34. The lowest BCUT2D eigenvalue weighted by molar-refractivity contribution is 0.0603. The maximum absolute atomic E-state index is 12.2. The molecule has 0 unspecified atom stereocenters. The highest BCUT2D eigenvalue weighted by Crippen LogP contribution is 2.39. The third kappa shape index (κ3) is 3.12. The van der Waals surface area contributed by atoms with E-state index in [4.69, 9.17) is 10.5 Å². The van der Waals surface area contributed by atoms with E-state index in [1.165, 1.54) is 18.4 Å². The molecule has 1 aromatic heterocycles. The summed E-state index contributed by atoms with van der Waals surface area (Å²) in [5, 5.41) is 3.60. The Hall–Kier alpha value is -1.76. The molecule has 1 heterocycles. The highest BCUT2D eigenvalue weighted by molar-refractivity contribution is 7.19. The van der Waals surface area contributed by atoms with Gasteiger partial charge in [-0.3, -0.25) is 4.79 Å². The summed E-state index contributed by atoms with van der Waals surface area (Å²) in [6, 6.07) is 0.248. The van der Waals surface area contributed by atoms with Crippen molar-refractivity contribution in [3.8, 4) is 0 Å². The van der Waals surface area contributed by atoms with E-state index in [1.54, 1.807) is 0 Å². The minimum absolute atomic E-state index is 0.205. The van der Waals surface area contributed by atoms with Crippen LogP contribution in [0.3, 0.4) is 0 Å². The van der Waals surface area contributed by atoms with Crippen LogP contribution < -0.4 is 16.0 Å². The molecule has 1 aliphatic carbocycles. The van der Waals surface area contributed by atoms with Crippen LogP contribution in [0.15, 0.2) is 0 Å². The van der Waals surface area contributed by atoms with E-state index in [-0.39, 0.29) is 17.6 Å². The fourth-order valence-corrected chi connectivity index (χ4v) is 3.35. The number of thiophene rings is 1. The van der Waals surface area contributed by atoms with Crippen molar-refractivity contribution in [3.05, 3.63) is 10.4 Å². The molecule has 0 bridgehead atoms. The molecule has 7 heteroatoms. The van der Waals surface area contributed by atoms with Gasteiger partial charge in [0.15, 0.2) is 0 Å². The molecule has 1 saturated carbocycles. The number of hydrogen-bond donors (Lipinski definition) is 2. The predicted octanol–water partition coefficient (Wildman–Crippen LogP) is 1.86. The van der Waals surface area contributed by atoms with Crippen LogP contribution in [0.25, 0.3) is 0 Å². The van der Waals surface area contributed by atoms with Gasteiger partial charge in [-0.05, 0) is 26.7 Å². The van der Waals surface area contributed by atoms with E-state index in [9.17, 15) is 9.59 Å². The van der Waals surface area contributed by atoms with Crippen LogP contribution in [0, 0.1) is 0 Å². The molecule has 6 nitrogen and oxygen atoms in total. The lowest BCUT2D eigenvalue weighted by atomic mass is 10.2. The molecule has 21 heavy (non-hydrogen) atoms. The lowest BCUT2D eigenvalue weighted by Gasteiger charge is -2.20. The number of carbonyl (C=O) groups excluding carboxylic acids is 2. The van der Waals surface area contributed by atoms with Crippen LogP contribution in [0.2, 0.25) is 0 Å². The molecule has 0 aromatic carbocycles. The molecule has 0 aliphatic heterocycles. The first-order valence-electron chi connectivity index (χ1n) is 7.09. The number of methoxy groups -OCH3 is 1. The fraction of sp³-hybridized carbons (Fsp3) is 0.571. The summed E-state index contributed by atoms with van der Waals surface area (Å²) in [7, 11) is 1.31. The number of rotatable bonds is 6. The molecular formula is C14H21N3O3S. The van der Waals surface area contributed by atoms with E-state index in [0.717, 1.165) is 25.9 Å². The second-order valence-electron chi connectivity index (χ2n) is 4.94. The highest BCUT2D eigenvalue weighted by atomic mass is 32.1. The standard InChI is InChI=1S/C14H21N3O3S/c1-4-17(5-2)13-9(14(19)20-3)10(15)11(21-13)12(18)16-8-6-7-8/h8H,4-7,15H2,1-3H3,(H,16,18). The number of amides is 1. The third-order valence-electron chi connectivity index (χ3n) is 3.49. The van der Waals surface area contributed by atoms with E-state index in [2.05, 4.69) is 5.32 Å². The number of nitrogens with two attached hydrogens (primary N) is 1. The Bertz CT molecular complexity index is 548. The first-order valence-corrected chi connectivity index (χ1v) is 7.91. The van der Waals surface area contributed by atoms with Crippen molar-refractivity contribution in [2.24, 2.45) is 0 Å². The van der Waals surface area contributed by atoms with Crippen LogP contribution in [-0.4, -0.2) is 38.1 Å². The Kier molecular flexibility index (Phi) is 4.72. The summed E-state index contributed by atoms with van der Waals surface area (Å²) in [6.45, 7) is 5.43.